The molecule has 1 saturated carbocycles. The largest absolute Gasteiger partial charge is 0.352 e. The van der Waals surface area contributed by atoms with Crippen LogP contribution < -0.4 is 5.32 Å². The fraction of sp³-hybridized carbons (Fsp3) is 0.385. The van der Waals surface area contributed by atoms with E-state index in [1.165, 1.54) is 24.6 Å². The van der Waals surface area contributed by atoms with E-state index in [0.29, 0.717) is 22.6 Å². The average molecular weight is 468 g/mol. The number of para-hydroxylation sites is 1. The second kappa shape index (κ2) is 10.1. The van der Waals surface area contributed by atoms with Gasteiger partial charge in [-0.25, -0.2) is 4.98 Å². The molecular weight excluding hydrogens is 438 g/mol. The number of imidazole rings is 1. The van der Waals surface area contributed by atoms with Crippen LogP contribution in [0.4, 0.5) is 0 Å². The molecule has 1 aliphatic rings. The van der Waals surface area contributed by atoms with Crippen molar-refractivity contribution in [2.45, 2.75) is 51.2 Å². The van der Waals surface area contributed by atoms with Gasteiger partial charge in [0.05, 0.1) is 23.3 Å². The Balaban J connectivity index is 1.57. The van der Waals surface area contributed by atoms with Gasteiger partial charge < -0.3 is 5.32 Å². The molecule has 6 heteroatoms. The van der Waals surface area contributed by atoms with Crippen LogP contribution in [0.1, 0.15) is 38.7 Å². The van der Waals surface area contributed by atoms with Gasteiger partial charge in [0.25, 0.3) is 0 Å². The monoisotopic (exact) mass is 467 g/mol. The SMILES string of the molecule is Cc1ccccc1-n1c(-c2ccc(Cl)cc2)cnc1SCC(=O)NC1CCCC(C)C1C. The number of amides is 1. The normalized spacial score (nSPS) is 20.8. The Hall–Kier alpha value is -2.24. The molecule has 0 radical (unpaired) electrons. The third kappa shape index (κ3) is 5.05. The summed E-state index contributed by atoms with van der Waals surface area (Å²) in [5.41, 5.74) is 4.23. The van der Waals surface area contributed by atoms with Crippen LogP contribution in [0.25, 0.3) is 16.9 Å². The Labute approximate surface area is 199 Å². The van der Waals surface area contributed by atoms with Gasteiger partial charge in [-0.3, -0.25) is 9.36 Å². The van der Waals surface area contributed by atoms with Crippen molar-refractivity contribution in [3.05, 3.63) is 65.3 Å². The van der Waals surface area contributed by atoms with Crippen molar-refractivity contribution in [2.24, 2.45) is 11.8 Å². The predicted molar refractivity (Wildman–Crippen MR) is 134 cm³/mol. The number of thioether (sulfide) groups is 1. The van der Waals surface area contributed by atoms with Crippen LogP contribution in [-0.4, -0.2) is 27.3 Å². The number of benzene rings is 2. The van der Waals surface area contributed by atoms with Crippen molar-refractivity contribution in [1.29, 1.82) is 0 Å². The van der Waals surface area contributed by atoms with Gasteiger partial charge in [-0.2, -0.15) is 0 Å². The Morgan fingerprint density at radius 1 is 1.16 bits per heavy atom. The lowest BCUT2D eigenvalue weighted by Gasteiger charge is -2.34. The first kappa shape index (κ1) is 22.9. The van der Waals surface area contributed by atoms with Gasteiger partial charge in [0.15, 0.2) is 5.16 Å². The summed E-state index contributed by atoms with van der Waals surface area (Å²) >= 11 is 7.58. The number of aromatic nitrogens is 2. The van der Waals surface area contributed by atoms with E-state index < -0.39 is 0 Å². The Kier molecular flexibility index (Phi) is 7.27. The van der Waals surface area contributed by atoms with Gasteiger partial charge in [-0.15, -0.1) is 0 Å². The first-order valence-corrected chi connectivity index (χ1v) is 12.6. The molecule has 1 heterocycles. The van der Waals surface area contributed by atoms with Crippen LogP contribution in [0.15, 0.2) is 59.9 Å². The van der Waals surface area contributed by atoms with Crippen LogP contribution in [-0.2, 0) is 4.79 Å². The molecule has 1 fully saturated rings. The van der Waals surface area contributed by atoms with Crippen molar-refractivity contribution in [2.75, 3.05) is 5.75 Å². The van der Waals surface area contributed by atoms with Crippen LogP contribution in [0.5, 0.6) is 0 Å². The number of aryl methyl sites for hydroxylation is 1. The van der Waals surface area contributed by atoms with Crippen LogP contribution in [0.3, 0.4) is 0 Å². The topological polar surface area (TPSA) is 46.9 Å². The third-order valence-electron chi connectivity index (χ3n) is 6.61. The summed E-state index contributed by atoms with van der Waals surface area (Å²) < 4.78 is 2.14. The molecule has 1 aliphatic carbocycles. The molecule has 4 nitrogen and oxygen atoms in total. The van der Waals surface area contributed by atoms with Crippen molar-refractivity contribution in [3.63, 3.8) is 0 Å². The number of hydrogen-bond donors (Lipinski definition) is 1. The number of nitrogens with zero attached hydrogens (tertiary/aromatic N) is 2. The predicted octanol–water partition coefficient (Wildman–Crippen LogP) is 6.53. The second-order valence-corrected chi connectivity index (χ2v) is 10.2. The van der Waals surface area contributed by atoms with E-state index in [2.05, 4.69) is 42.8 Å². The van der Waals surface area contributed by atoms with E-state index in [-0.39, 0.29) is 11.9 Å². The number of halogens is 1. The highest BCUT2D eigenvalue weighted by atomic mass is 35.5. The van der Waals surface area contributed by atoms with Crippen molar-refractivity contribution >= 4 is 29.3 Å². The summed E-state index contributed by atoms with van der Waals surface area (Å²) in [5, 5.41) is 4.78. The number of carbonyl (C=O) groups is 1. The highest BCUT2D eigenvalue weighted by Gasteiger charge is 2.28. The van der Waals surface area contributed by atoms with E-state index in [1.807, 2.05) is 42.6 Å². The molecule has 1 aromatic heterocycles. The van der Waals surface area contributed by atoms with Crippen LogP contribution in [0.2, 0.25) is 5.02 Å². The molecule has 1 amide bonds. The van der Waals surface area contributed by atoms with Gasteiger partial charge in [0.2, 0.25) is 5.91 Å². The average Bonchev–Trinajstić information content (AvgIpc) is 3.20. The molecule has 3 aromatic rings. The molecule has 3 unspecified atom stereocenters. The maximum atomic E-state index is 12.8. The smallest absolute Gasteiger partial charge is 0.230 e. The summed E-state index contributed by atoms with van der Waals surface area (Å²) in [4.78, 5) is 17.5. The molecule has 32 heavy (non-hydrogen) atoms. The standard InChI is InChI=1S/C26H30ClN3OS/c1-17-8-6-9-22(19(17)3)29-25(31)16-32-26-28-15-24(20-11-13-21(27)14-12-20)30(26)23-10-5-4-7-18(23)2/h4-5,7,10-15,17,19,22H,6,8-9,16H2,1-3H3,(H,29,31). The molecular formula is C26H30ClN3OS. The van der Waals surface area contributed by atoms with Gasteiger partial charge in [0, 0.05) is 16.6 Å². The van der Waals surface area contributed by atoms with E-state index in [9.17, 15) is 4.79 Å². The summed E-state index contributed by atoms with van der Waals surface area (Å²) in [5.74, 6) is 1.60. The fourth-order valence-corrected chi connectivity index (χ4v) is 5.39. The van der Waals surface area contributed by atoms with Crippen LogP contribution >= 0.6 is 23.4 Å². The molecule has 0 saturated heterocycles. The number of carbonyl (C=O) groups excluding carboxylic acids is 1. The van der Waals surface area contributed by atoms with Gasteiger partial charge in [-0.1, -0.05) is 80.4 Å². The zero-order chi connectivity index (χ0) is 22.7. The summed E-state index contributed by atoms with van der Waals surface area (Å²) in [6.07, 6.45) is 5.39. The first-order chi connectivity index (χ1) is 15.4. The van der Waals surface area contributed by atoms with E-state index in [0.717, 1.165) is 34.1 Å². The molecule has 0 spiro atoms. The summed E-state index contributed by atoms with van der Waals surface area (Å²) in [6, 6.07) is 16.3. The first-order valence-electron chi connectivity index (χ1n) is 11.3. The lowest BCUT2D eigenvalue weighted by atomic mass is 9.78. The minimum atomic E-state index is 0.0772. The number of rotatable bonds is 6. The molecule has 4 rings (SSSR count). The zero-order valence-electron chi connectivity index (χ0n) is 18.8. The van der Waals surface area contributed by atoms with Crippen molar-refractivity contribution in [3.8, 4) is 16.9 Å². The van der Waals surface area contributed by atoms with E-state index in [1.54, 1.807) is 0 Å². The van der Waals surface area contributed by atoms with E-state index in [4.69, 9.17) is 16.6 Å². The molecule has 168 valence electrons. The molecule has 0 bridgehead atoms. The Bertz CT molecular complexity index is 1080. The minimum Gasteiger partial charge on any atom is -0.352 e. The molecule has 1 N–H and O–H groups in total. The highest BCUT2D eigenvalue weighted by molar-refractivity contribution is 7.99. The second-order valence-electron chi connectivity index (χ2n) is 8.78. The number of hydrogen-bond acceptors (Lipinski definition) is 3. The Morgan fingerprint density at radius 2 is 1.91 bits per heavy atom. The quantitative estimate of drug-likeness (QED) is 0.419. The highest BCUT2D eigenvalue weighted by Crippen LogP contribution is 2.32. The molecule has 2 aromatic carbocycles. The third-order valence-corrected chi connectivity index (χ3v) is 7.82. The number of nitrogens with one attached hydrogen (secondary N) is 1. The molecule has 0 aliphatic heterocycles. The van der Waals surface area contributed by atoms with Gasteiger partial charge in [0.1, 0.15) is 0 Å². The lowest BCUT2D eigenvalue weighted by Crippen LogP contribution is -2.44. The zero-order valence-corrected chi connectivity index (χ0v) is 20.4. The lowest BCUT2D eigenvalue weighted by molar-refractivity contribution is -0.120. The summed E-state index contributed by atoms with van der Waals surface area (Å²) in [7, 11) is 0. The fourth-order valence-electron chi connectivity index (χ4n) is 4.47. The maximum Gasteiger partial charge on any atom is 0.230 e. The maximum absolute atomic E-state index is 12.8. The van der Waals surface area contributed by atoms with Crippen LogP contribution in [0, 0.1) is 18.8 Å². The van der Waals surface area contributed by atoms with E-state index >= 15 is 0 Å². The molecule has 3 atom stereocenters. The van der Waals surface area contributed by atoms with Gasteiger partial charge >= 0.3 is 0 Å². The minimum absolute atomic E-state index is 0.0772. The Morgan fingerprint density at radius 3 is 2.66 bits per heavy atom. The van der Waals surface area contributed by atoms with Crippen molar-refractivity contribution < 1.29 is 4.79 Å². The summed E-state index contributed by atoms with van der Waals surface area (Å²) in [6.45, 7) is 6.63. The van der Waals surface area contributed by atoms with Gasteiger partial charge in [-0.05, 0) is 48.9 Å². The van der Waals surface area contributed by atoms with Crippen molar-refractivity contribution in [1.82, 2.24) is 14.9 Å².